The molecular weight excluding hydrogens is 229 g/mol. The summed E-state index contributed by atoms with van der Waals surface area (Å²) in [5.41, 5.74) is 1.95. The molecule has 0 atom stereocenters. The number of anilines is 1. The van der Waals surface area contributed by atoms with Crippen LogP contribution in [0.15, 0.2) is 48.5 Å². The molecule has 0 amide bonds. The molecule has 0 heterocycles. The Morgan fingerprint density at radius 3 is 2.44 bits per heavy atom. The van der Waals surface area contributed by atoms with E-state index in [1.807, 2.05) is 25.1 Å². The van der Waals surface area contributed by atoms with Crippen LogP contribution in [0.2, 0.25) is 0 Å². The first kappa shape index (κ1) is 12.4. The lowest BCUT2D eigenvalue weighted by molar-refractivity contribution is 0.475. The van der Waals surface area contributed by atoms with Gasteiger partial charge in [0.2, 0.25) is 0 Å². The van der Waals surface area contributed by atoms with Crippen LogP contribution < -0.4 is 4.90 Å². The highest BCUT2D eigenvalue weighted by atomic mass is 19.1. The summed E-state index contributed by atoms with van der Waals surface area (Å²) in [6.45, 7) is 3.52. The van der Waals surface area contributed by atoms with Crippen molar-refractivity contribution >= 4 is 5.69 Å². The van der Waals surface area contributed by atoms with Crippen LogP contribution in [0.25, 0.3) is 0 Å². The van der Waals surface area contributed by atoms with E-state index in [1.165, 1.54) is 12.1 Å². The summed E-state index contributed by atoms with van der Waals surface area (Å²) in [5.74, 6) is 0.0317. The zero-order valence-electron chi connectivity index (χ0n) is 10.3. The lowest BCUT2D eigenvalue weighted by Crippen LogP contribution is -2.21. The van der Waals surface area contributed by atoms with Crippen LogP contribution in [0, 0.1) is 5.82 Å². The Morgan fingerprint density at radius 2 is 1.83 bits per heavy atom. The molecule has 18 heavy (non-hydrogen) atoms. The van der Waals surface area contributed by atoms with E-state index in [0.29, 0.717) is 6.54 Å². The fourth-order valence-electron chi connectivity index (χ4n) is 1.88. The Kier molecular flexibility index (Phi) is 3.82. The average Bonchev–Trinajstić information content (AvgIpc) is 2.38. The summed E-state index contributed by atoms with van der Waals surface area (Å²) < 4.78 is 13.2. The van der Waals surface area contributed by atoms with Gasteiger partial charge >= 0.3 is 0 Å². The number of nitrogens with zero attached hydrogens (tertiary/aromatic N) is 1. The summed E-state index contributed by atoms with van der Waals surface area (Å²) in [6, 6.07) is 13.6. The minimum Gasteiger partial charge on any atom is -0.508 e. The quantitative estimate of drug-likeness (QED) is 0.890. The first-order chi connectivity index (χ1) is 8.69. The highest BCUT2D eigenvalue weighted by Crippen LogP contribution is 2.19. The molecule has 0 bridgehead atoms. The molecule has 94 valence electrons. The van der Waals surface area contributed by atoms with E-state index in [2.05, 4.69) is 4.90 Å². The molecule has 0 aliphatic carbocycles. The van der Waals surface area contributed by atoms with E-state index in [0.717, 1.165) is 17.8 Å². The van der Waals surface area contributed by atoms with E-state index in [-0.39, 0.29) is 11.6 Å². The van der Waals surface area contributed by atoms with Crippen LogP contribution in [0.5, 0.6) is 5.75 Å². The highest BCUT2D eigenvalue weighted by molar-refractivity contribution is 5.47. The third kappa shape index (κ3) is 3.00. The molecule has 0 aliphatic rings. The maximum absolute atomic E-state index is 13.2. The Balaban J connectivity index is 2.17. The zero-order valence-corrected chi connectivity index (χ0v) is 10.3. The van der Waals surface area contributed by atoms with E-state index in [1.54, 1.807) is 18.2 Å². The van der Waals surface area contributed by atoms with Gasteiger partial charge in [-0.3, -0.25) is 0 Å². The number of aromatic hydroxyl groups is 1. The van der Waals surface area contributed by atoms with Crippen LogP contribution in [0.4, 0.5) is 10.1 Å². The minimum absolute atomic E-state index is 0.225. The van der Waals surface area contributed by atoms with E-state index >= 15 is 0 Å². The summed E-state index contributed by atoms with van der Waals surface area (Å²) in [7, 11) is 0. The molecule has 1 N–H and O–H groups in total. The second-order valence-corrected chi connectivity index (χ2v) is 4.16. The molecule has 2 nitrogen and oxygen atoms in total. The average molecular weight is 245 g/mol. The van der Waals surface area contributed by atoms with Gasteiger partial charge in [-0.25, -0.2) is 4.39 Å². The summed E-state index contributed by atoms with van der Waals surface area (Å²) >= 11 is 0. The van der Waals surface area contributed by atoms with Gasteiger partial charge in [0, 0.05) is 18.8 Å². The van der Waals surface area contributed by atoms with Gasteiger partial charge < -0.3 is 10.0 Å². The van der Waals surface area contributed by atoms with Gasteiger partial charge in [0.1, 0.15) is 11.6 Å². The van der Waals surface area contributed by atoms with Gasteiger partial charge in [-0.15, -0.1) is 0 Å². The highest BCUT2D eigenvalue weighted by Gasteiger charge is 2.06. The van der Waals surface area contributed by atoms with Gasteiger partial charge in [0.15, 0.2) is 0 Å². The van der Waals surface area contributed by atoms with Crippen molar-refractivity contribution in [1.82, 2.24) is 0 Å². The largest absolute Gasteiger partial charge is 0.508 e. The third-order valence-electron chi connectivity index (χ3n) is 2.86. The van der Waals surface area contributed by atoms with Gasteiger partial charge in [-0.1, -0.05) is 18.2 Å². The molecule has 2 rings (SSSR count). The number of hydrogen-bond donors (Lipinski definition) is 1. The molecule has 0 radical (unpaired) electrons. The van der Waals surface area contributed by atoms with Gasteiger partial charge in [-0.2, -0.15) is 0 Å². The Bertz CT molecular complexity index is 510. The van der Waals surface area contributed by atoms with Crippen LogP contribution in [0.1, 0.15) is 12.5 Å². The number of phenolic OH excluding ortho intramolecular Hbond substituents is 1. The number of rotatable bonds is 4. The molecule has 0 unspecified atom stereocenters. The standard InChI is InChI=1S/C15H16FNO/c1-2-17(14-5-3-4-13(16)10-14)11-12-6-8-15(18)9-7-12/h3-10,18H,2,11H2,1H3. The van der Waals surface area contributed by atoms with Crippen LogP contribution >= 0.6 is 0 Å². The van der Waals surface area contributed by atoms with Crippen molar-refractivity contribution in [3.63, 3.8) is 0 Å². The molecule has 0 aromatic heterocycles. The van der Waals surface area contributed by atoms with E-state index in [4.69, 9.17) is 0 Å². The third-order valence-corrected chi connectivity index (χ3v) is 2.86. The fraction of sp³-hybridized carbons (Fsp3) is 0.200. The number of benzene rings is 2. The summed E-state index contributed by atoms with van der Waals surface area (Å²) in [4.78, 5) is 2.08. The molecule has 0 spiro atoms. The lowest BCUT2D eigenvalue weighted by Gasteiger charge is -2.23. The van der Waals surface area contributed by atoms with Crippen molar-refractivity contribution in [2.24, 2.45) is 0 Å². The van der Waals surface area contributed by atoms with E-state index < -0.39 is 0 Å². The molecule has 0 saturated carbocycles. The summed E-state index contributed by atoms with van der Waals surface area (Å²) in [6.07, 6.45) is 0. The monoisotopic (exact) mass is 245 g/mol. The SMILES string of the molecule is CCN(Cc1ccc(O)cc1)c1cccc(F)c1. The number of phenols is 1. The predicted octanol–water partition coefficient (Wildman–Crippen LogP) is 3.56. The van der Waals surface area contributed by atoms with Gasteiger partial charge in [0.25, 0.3) is 0 Å². The predicted molar refractivity (Wildman–Crippen MR) is 71.2 cm³/mol. The van der Waals surface area contributed by atoms with Crippen molar-refractivity contribution in [3.05, 3.63) is 59.9 Å². The number of hydrogen-bond acceptors (Lipinski definition) is 2. The first-order valence-corrected chi connectivity index (χ1v) is 5.97. The van der Waals surface area contributed by atoms with Crippen LogP contribution in [-0.4, -0.2) is 11.7 Å². The maximum atomic E-state index is 13.2. The molecule has 0 saturated heterocycles. The number of halogens is 1. The Labute approximate surface area is 106 Å². The minimum atomic E-state index is -0.225. The lowest BCUT2D eigenvalue weighted by atomic mass is 10.2. The van der Waals surface area contributed by atoms with Gasteiger partial charge in [-0.05, 0) is 42.8 Å². The first-order valence-electron chi connectivity index (χ1n) is 5.97. The second kappa shape index (κ2) is 5.54. The normalized spacial score (nSPS) is 10.3. The molecular formula is C15H16FNO. The van der Waals surface area contributed by atoms with Crippen LogP contribution in [0.3, 0.4) is 0 Å². The maximum Gasteiger partial charge on any atom is 0.125 e. The topological polar surface area (TPSA) is 23.5 Å². The molecule has 0 aliphatic heterocycles. The van der Waals surface area contributed by atoms with Crippen LogP contribution in [-0.2, 0) is 6.54 Å². The fourth-order valence-corrected chi connectivity index (χ4v) is 1.88. The van der Waals surface area contributed by atoms with Crippen molar-refractivity contribution in [2.45, 2.75) is 13.5 Å². The smallest absolute Gasteiger partial charge is 0.125 e. The molecule has 2 aromatic rings. The Morgan fingerprint density at radius 1 is 1.11 bits per heavy atom. The molecule has 2 aromatic carbocycles. The van der Waals surface area contributed by atoms with E-state index in [9.17, 15) is 9.50 Å². The Hall–Kier alpha value is -2.03. The van der Waals surface area contributed by atoms with Crippen molar-refractivity contribution in [2.75, 3.05) is 11.4 Å². The van der Waals surface area contributed by atoms with Crippen molar-refractivity contribution in [1.29, 1.82) is 0 Å². The van der Waals surface area contributed by atoms with Crippen molar-refractivity contribution in [3.8, 4) is 5.75 Å². The molecule has 3 heteroatoms. The van der Waals surface area contributed by atoms with Gasteiger partial charge in [0.05, 0.1) is 0 Å². The molecule has 0 fully saturated rings. The van der Waals surface area contributed by atoms with Crippen molar-refractivity contribution < 1.29 is 9.50 Å². The zero-order chi connectivity index (χ0) is 13.0. The summed E-state index contributed by atoms with van der Waals surface area (Å²) in [5, 5.41) is 9.24. The second-order valence-electron chi connectivity index (χ2n) is 4.16.